The van der Waals surface area contributed by atoms with Crippen molar-refractivity contribution in [1.82, 2.24) is 14.3 Å². The summed E-state index contributed by atoms with van der Waals surface area (Å²) in [5, 5.41) is 0. The van der Waals surface area contributed by atoms with Gasteiger partial charge in [-0.3, -0.25) is 4.79 Å². The lowest BCUT2D eigenvalue weighted by molar-refractivity contribution is -0.130. The van der Waals surface area contributed by atoms with Gasteiger partial charge in [0.15, 0.2) is 5.67 Å². The van der Waals surface area contributed by atoms with Crippen LogP contribution in [0.1, 0.15) is 13.3 Å². The summed E-state index contributed by atoms with van der Waals surface area (Å²) in [4.78, 5) is 20.8. The van der Waals surface area contributed by atoms with Crippen LogP contribution in [-0.4, -0.2) is 65.3 Å². The van der Waals surface area contributed by atoms with E-state index in [2.05, 4.69) is 9.97 Å². The highest BCUT2D eigenvalue weighted by atomic mass is 32.2. The van der Waals surface area contributed by atoms with Crippen LogP contribution in [0.2, 0.25) is 0 Å². The minimum atomic E-state index is -3.78. The van der Waals surface area contributed by atoms with Crippen LogP contribution in [0.15, 0.2) is 18.7 Å². The number of anilines is 1. The van der Waals surface area contributed by atoms with E-state index in [0.29, 0.717) is 6.42 Å². The largest absolute Gasteiger partial charge is 0.303 e. The monoisotopic (exact) mass is 346 g/mol. The third kappa shape index (κ3) is 2.31. The van der Waals surface area contributed by atoms with Crippen LogP contribution in [0, 0.1) is 0 Å². The maximum atomic E-state index is 15.1. The van der Waals surface area contributed by atoms with Crippen molar-refractivity contribution in [3.8, 4) is 0 Å². The molecule has 0 unspecified atom stereocenters. The van der Waals surface area contributed by atoms with Gasteiger partial charge in [-0.25, -0.2) is 27.2 Å². The SMILES string of the molecule is CCCS(=O)(=O)N1C[C@]2(F)CN(c3cncnc3)C(=O)[C@]2(F)C1. The first-order valence-electron chi connectivity index (χ1n) is 7.16. The number of hydrogen-bond acceptors (Lipinski definition) is 5. The third-order valence-electron chi connectivity index (χ3n) is 4.24. The molecule has 10 heteroatoms. The molecule has 0 bridgehead atoms. The Morgan fingerprint density at radius 3 is 2.43 bits per heavy atom. The Balaban J connectivity index is 1.91. The van der Waals surface area contributed by atoms with Crippen molar-refractivity contribution in [1.29, 1.82) is 0 Å². The molecule has 0 N–H and O–H groups in total. The van der Waals surface area contributed by atoms with E-state index in [9.17, 15) is 13.2 Å². The predicted molar refractivity (Wildman–Crippen MR) is 77.7 cm³/mol. The van der Waals surface area contributed by atoms with Crippen LogP contribution in [0.4, 0.5) is 14.5 Å². The number of alkyl halides is 2. The fourth-order valence-electron chi connectivity index (χ4n) is 3.04. The van der Waals surface area contributed by atoms with Gasteiger partial charge in [0, 0.05) is 0 Å². The normalized spacial score (nSPS) is 31.6. The Hall–Kier alpha value is -1.68. The Morgan fingerprint density at radius 1 is 1.22 bits per heavy atom. The number of hydrogen-bond donors (Lipinski definition) is 0. The standard InChI is InChI=1S/C13H16F2N4O3S/c1-2-3-23(21,22)18-6-12(14)7-19(10-4-16-9-17-5-10)11(20)13(12,15)8-18/h4-5,9H,2-3,6-8H2,1H3/t12-,13+/m0/s1. The summed E-state index contributed by atoms with van der Waals surface area (Å²) in [5.41, 5.74) is -5.28. The molecular formula is C13H16F2N4O3S. The van der Waals surface area contributed by atoms with Gasteiger partial charge in [0.05, 0.1) is 43.5 Å². The Morgan fingerprint density at radius 2 is 1.87 bits per heavy atom. The molecule has 0 radical (unpaired) electrons. The van der Waals surface area contributed by atoms with E-state index in [0.717, 1.165) is 9.21 Å². The molecule has 3 heterocycles. The molecule has 126 valence electrons. The number of sulfonamides is 1. The molecule has 1 aromatic rings. The number of carbonyl (C=O) groups is 1. The molecule has 2 aliphatic heterocycles. The molecule has 1 aromatic heterocycles. The summed E-state index contributed by atoms with van der Waals surface area (Å²) < 4.78 is 55.1. The van der Waals surface area contributed by atoms with Crippen LogP contribution in [0.3, 0.4) is 0 Å². The number of rotatable bonds is 4. The Labute approximate surface area is 132 Å². The lowest BCUT2D eigenvalue weighted by Gasteiger charge is -2.21. The number of carbonyl (C=O) groups excluding carboxylic acids is 1. The zero-order valence-corrected chi connectivity index (χ0v) is 13.3. The first-order chi connectivity index (χ1) is 10.7. The van der Waals surface area contributed by atoms with E-state index >= 15 is 8.78 Å². The number of aromatic nitrogens is 2. The zero-order chi connectivity index (χ0) is 16.9. The van der Waals surface area contributed by atoms with Crippen molar-refractivity contribution in [3.63, 3.8) is 0 Å². The quantitative estimate of drug-likeness (QED) is 0.783. The number of fused-ring (bicyclic) bond motifs is 1. The van der Waals surface area contributed by atoms with E-state index in [1.54, 1.807) is 6.92 Å². The average molecular weight is 346 g/mol. The summed E-state index contributed by atoms with van der Waals surface area (Å²) >= 11 is 0. The topological polar surface area (TPSA) is 83.5 Å². The molecule has 23 heavy (non-hydrogen) atoms. The second-order valence-electron chi connectivity index (χ2n) is 5.84. The molecule has 2 fully saturated rings. The Kier molecular flexibility index (Phi) is 3.64. The van der Waals surface area contributed by atoms with Gasteiger partial charge in [-0.2, -0.15) is 4.31 Å². The molecule has 7 nitrogen and oxygen atoms in total. The lowest BCUT2D eigenvalue weighted by Crippen LogP contribution is -2.47. The molecule has 0 spiro atoms. The molecule has 2 aliphatic rings. The van der Waals surface area contributed by atoms with Crippen molar-refractivity contribution in [2.75, 3.05) is 30.3 Å². The van der Waals surface area contributed by atoms with Crippen molar-refractivity contribution < 1.29 is 22.0 Å². The van der Waals surface area contributed by atoms with Crippen molar-refractivity contribution in [2.24, 2.45) is 0 Å². The summed E-state index contributed by atoms with van der Waals surface area (Å²) in [5.74, 6) is -1.30. The van der Waals surface area contributed by atoms with Gasteiger partial charge in [0.1, 0.15) is 6.33 Å². The van der Waals surface area contributed by atoms with E-state index in [-0.39, 0.29) is 11.4 Å². The zero-order valence-electron chi connectivity index (χ0n) is 12.4. The maximum absolute atomic E-state index is 15.1. The molecule has 3 rings (SSSR count). The van der Waals surface area contributed by atoms with Crippen LogP contribution in [0.25, 0.3) is 0 Å². The summed E-state index contributed by atoms with van der Waals surface area (Å²) in [6, 6.07) is 0. The fraction of sp³-hybridized carbons (Fsp3) is 0.615. The number of nitrogens with zero attached hydrogens (tertiary/aromatic N) is 4. The number of amides is 1. The van der Waals surface area contributed by atoms with Gasteiger partial charge in [0.2, 0.25) is 15.7 Å². The van der Waals surface area contributed by atoms with E-state index < -0.39 is 46.9 Å². The average Bonchev–Trinajstić information content (AvgIpc) is 2.88. The van der Waals surface area contributed by atoms with E-state index in [4.69, 9.17) is 0 Å². The van der Waals surface area contributed by atoms with E-state index in [1.165, 1.54) is 18.7 Å². The van der Waals surface area contributed by atoms with Gasteiger partial charge >= 0.3 is 0 Å². The summed E-state index contributed by atoms with van der Waals surface area (Å²) in [7, 11) is -3.78. The Bertz CT molecular complexity index is 732. The molecular weight excluding hydrogens is 330 g/mol. The second kappa shape index (κ2) is 5.17. The first kappa shape index (κ1) is 16.2. The highest BCUT2D eigenvalue weighted by Gasteiger charge is 2.72. The van der Waals surface area contributed by atoms with Gasteiger partial charge in [-0.05, 0) is 6.42 Å². The molecule has 2 atom stereocenters. The highest BCUT2D eigenvalue weighted by molar-refractivity contribution is 7.89. The summed E-state index contributed by atoms with van der Waals surface area (Å²) in [6.45, 7) is -0.363. The third-order valence-corrected chi connectivity index (χ3v) is 6.21. The first-order valence-corrected chi connectivity index (χ1v) is 8.77. The van der Waals surface area contributed by atoms with Crippen LogP contribution in [0.5, 0.6) is 0 Å². The van der Waals surface area contributed by atoms with Crippen molar-refractivity contribution >= 4 is 21.6 Å². The number of halogens is 2. The molecule has 0 saturated carbocycles. The molecule has 0 aromatic carbocycles. The smallest absolute Gasteiger partial charge is 0.269 e. The van der Waals surface area contributed by atoms with Crippen LogP contribution in [-0.2, 0) is 14.8 Å². The van der Waals surface area contributed by atoms with Gasteiger partial charge in [-0.1, -0.05) is 6.92 Å². The maximum Gasteiger partial charge on any atom is 0.269 e. The minimum Gasteiger partial charge on any atom is -0.303 e. The molecule has 0 aliphatic carbocycles. The van der Waals surface area contributed by atoms with E-state index in [1.807, 2.05) is 0 Å². The van der Waals surface area contributed by atoms with Crippen molar-refractivity contribution in [3.05, 3.63) is 18.7 Å². The van der Waals surface area contributed by atoms with Crippen LogP contribution < -0.4 is 4.90 Å². The minimum absolute atomic E-state index is 0.184. The van der Waals surface area contributed by atoms with Gasteiger partial charge in [-0.15, -0.1) is 0 Å². The molecule has 2 saturated heterocycles. The van der Waals surface area contributed by atoms with Crippen molar-refractivity contribution in [2.45, 2.75) is 24.7 Å². The fourth-order valence-corrected chi connectivity index (χ4v) is 4.59. The van der Waals surface area contributed by atoms with Crippen LogP contribution >= 0.6 is 0 Å². The predicted octanol–water partition coefficient (Wildman–Crippen LogP) is 0.295. The lowest BCUT2D eigenvalue weighted by atomic mass is 9.93. The summed E-state index contributed by atoms with van der Waals surface area (Å²) in [6.07, 6.45) is 4.13. The van der Waals surface area contributed by atoms with Gasteiger partial charge in [0.25, 0.3) is 5.91 Å². The van der Waals surface area contributed by atoms with Gasteiger partial charge < -0.3 is 4.90 Å². The highest BCUT2D eigenvalue weighted by Crippen LogP contribution is 2.47. The molecule has 1 amide bonds. The second-order valence-corrected chi connectivity index (χ2v) is 7.93.